The van der Waals surface area contributed by atoms with Crippen LogP contribution in [0.5, 0.6) is 5.75 Å². The summed E-state index contributed by atoms with van der Waals surface area (Å²) in [6.07, 6.45) is 2.12. The highest BCUT2D eigenvalue weighted by atomic mass is 32.2. The molecule has 5 rings (SSSR count). The van der Waals surface area contributed by atoms with Crippen LogP contribution in [0.4, 0.5) is 11.4 Å². The average Bonchev–Trinajstić information content (AvgIpc) is 3.48. The molecule has 2 heterocycles. The van der Waals surface area contributed by atoms with Crippen molar-refractivity contribution in [3.8, 4) is 16.9 Å². The smallest absolute Gasteiger partial charge is 0.262 e. The number of hydrogen-bond donors (Lipinski definition) is 1. The number of hydrogen-bond acceptors (Lipinski definition) is 6. The molecule has 2 aliphatic heterocycles. The maximum absolute atomic E-state index is 13.2. The van der Waals surface area contributed by atoms with Gasteiger partial charge in [0, 0.05) is 26.2 Å². The van der Waals surface area contributed by atoms with Gasteiger partial charge in [0.05, 0.1) is 29.5 Å². The number of carbonyl (C=O) groups excluding carboxylic acids is 1. The third-order valence-corrected chi connectivity index (χ3v) is 8.52. The van der Waals surface area contributed by atoms with E-state index in [0.29, 0.717) is 37.7 Å². The summed E-state index contributed by atoms with van der Waals surface area (Å²) in [6.45, 7) is 2.91. The summed E-state index contributed by atoms with van der Waals surface area (Å²) < 4.78 is 38.9. The predicted molar refractivity (Wildman–Crippen MR) is 143 cm³/mol. The first-order valence-corrected chi connectivity index (χ1v) is 14.0. The van der Waals surface area contributed by atoms with Crippen molar-refractivity contribution in [2.45, 2.75) is 17.7 Å². The number of nitrogens with zero attached hydrogens (tertiary/aromatic N) is 2. The molecule has 37 heavy (non-hydrogen) atoms. The van der Waals surface area contributed by atoms with Crippen molar-refractivity contribution < 1.29 is 22.7 Å². The van der Waals surface area contributed by atoms with Crippen molar-refractivity contribution >= 4 is 27.3 Å². The van der Waals surface area contributed by atoms with Gasteiger partial charge in [0.15, 0.2) is 6.61 Å². The van der Waals surface area contributed by atoms with Gasteiger partial charge in [-0.2, -0.15) is 4.31 Å². The monoisotopic (exact) mass is 521 g/mol. The minimum absolute atomic E-state index is 0.157. The van der Waals surface area contributed by atoms with Gasteiger partial charge < -0.3 is 19.7 Å². The van der Waals surface area contributed by atoms with Gasteiger partial charge in [-0.3, -0.25) is 4.79 Å². The summed E-state index contributed by atoms with van der Waals surface area (Å²) in [5.74, 6) is 0.228. The number of benzene rings is 3. The number of ether oxygens (including phenoxy) is 2. The number of sulfonamides is 1. The standard InChI is InChI=1S/C28H31N3O5S/c32-28(21-36-24-10-8-23(9-11-24)22-6-2-1-3-7-22)29-26-20-25(12-13-27(26)30-14-4-5-15-30)37(33,34)31-16-18-35-19-17-31/h1-3,6-13,20H,4-5,14-19,21H2,(H,29,32). The summed E-state index contributed by atoms with van der Waals surface area (Å²) in [5, 5.41) is 2.90. The zero-order valence-corrected chi connectivity index (χ0v) is 21.5. The highest BCUT2D eigenvalue weighted by Crippen LogP contribution is 2.32. The van der Waals surface area contributed by atoms with Gasteiger partial charge in [-0.05, 0) is 54.3 Å². The van der Waals surface area contributed by atoms with Gasteiger partial charge in [-0.15, -0.1) is 0 Å². The highest BCUT2D eigenvalue weighted by molar-refractivity contribution is 7.89. The van der Waals surface area contributed by atoms with Gasteiger partial charge in [-0.1, -0.05) is 42.5 Å². The lowest BCUT2D eigenvalue weighted by molar-refractivity contribution is -0.118. The minimum atomic E-state index is -3.69. The van der Waals surface area contributed by atoms with Crippen LogP contribution in [0.15, 0.2) is 77.7 Å². The summed E-state index contributed by atoms with van der Waals surface area (Å²) >= 11 is 0. The number of amides is 1. The van der Waals surface area contributed by atoms with Crippen molar-refractivity contribution in [3.63, 3.8) is 0 Å². The fraction of sp³-hybridized carbons (Fsp3) is 0.321. The molecule has 0 aromatic heterocycles. The van der Waals surface area contributed by atoms with E-state index in [1.807, 2.05) is 54.6 Å². The Balaban J connectivity index is 1.29. The number of rotatable bonds is 8. The van der Waals surface area contributed by atoms with E-state index in [-0.39, 0.29) is 17.4 Å². The van der Waals surface area contributed by atoms with Crippen molar-refractivity contribution in [3.05, 3.63) is 72.8 Å². The van der Waals surface area contributed by atoms with E-state index in [2.05, 4.69) is 10.2 Å². The molecule has 8 nitrogen and oxygen atoms in total. The molecule has 9 heteroatoms. The van der Waals surface area contributed by atoms with Crippen LogP contribution in [0.25, 0.3) is 11.1 Å². The topological polar surface area (TPSA) is 88.2 Å². The number of morpholine rings is 1. The van der Waals surface area contributed by atoms with Crippen molar-refractivity contribution in [1.82, 2.24) is 4.31 Å². The summed E-state index contributed by atoms with van der Waals surface area (Å²) in [6, 6.07) is 22.6. The molecule has 1 N–H and O–H groups in total. The molecule has 2 saturated heterocycles. The highest BCUT2D eigenvalue weighted by Gasteiger charge is 2.28. The normalized spacial score (nSPS) is 16.5. The molecule has 3 aromatic carbocycles. The predicted octanol–water partition coefficient (Wildman–Crippen LogP) is 3.99. The maximum atomic E-state index is 13.2. The molecule has 0 radical (unpaired) electrons. The van der Waals surface area contributed by atoms with Gasteiger partial charge in [0.1, 0.15) is 5.75 Å². The maximum Gasteiger partial charge on any atom is 0.262 e. The summed E-state index contributed by atoms with van der Waals surface area (Å²) in [7, 11) is -3.69. The molecule has 2 aliphatic rings. The SMILES string of the molecule is O=C(COc1ccc(-c2ccccc2)cc1)Nc1cc(S(=O)(=O)N2CCOCC2)ccc1N1CCCC1. The fourth-order valence-corrected chi connectivity index (χ4v) is 6.09. The Bertz CT molecular complexity index is 1320. The van der Waals surface area contributed by atoms with Crippen molar-refractivity contribution in [2.24, 2.45) is 0 Å². The summed E-state index contributed by atoms with van der Waals surface area (Å²) in [5.41, 5.74) is 3.46. The molecule has 0 spiro atoms. The van der Waals surface area contributed by atoms with Gasteiger partial charge in [0.25, 0.3) is 5.91 Å². The van der Waals surface area contributed by atoms with Crippen LogP contribution in [0.3, 0.4) is 0 Å². The largest absolute Gasteiger partial charge is 0.484 e. The van der Waals surface area contributed by atoms with E-state index < -0.39 is 10.0 Å². The molecule has 0 aliphatic carbocycles. The Morgan fingerprint density at radius 1 is 0.865 bits per heavy atom. The van der Waals surface area contributed by atoms with Gasteiger partial charge >= 0.3 is 0 Å². The van der Waals surface area contributed by atoms with E-state index in [0.717, 1.165) is 42.7 Å². The van der Waals surface area contributed by atoms with Crippen LogP contribution >= 0.6 is 0 Å². The van der Waals surface area contributed by atoms with E-state index in [9.17, 15) is 13.2 Å². The molecule has 0 saturated carbocycles. The van der Waals surface area contributed by atoms with Crippen molar-refractivity contribution in [1.29, 1.82) is 0 Å². The van der Waals surface area contributed by atoms with Crippen LogP contribution in [-0.2, 0) is 19.6 Å². The van der Waals surface area contributed by atoms with Crippen molar-refractivity contribution in [2.75, 3.05) is 56.2 Å². The average molecular weight is 522 g/mol. The van der Waals surface area contributed by atoms with Crippen LogP contribution in [0.1, 0.15) is 12.8 Å². The molecular weight excluding hydrogens is 490 g/mol. The lowest BCUT2D eigenvalue weighted by Crippen LogP contribution is -2.40. The Hall–Kier alpha value is -3.40. The Morgan fingerprint density at radius 2 is 1.54 bits per heavy atom. The minimum Gasteiger partial charge on any atom is -0.484 e. The van der Waals surface area contributed by atoms with Gasteiger partial charge in [-0.25, -0.2) is 8.42 Å². The molecule has 0 unspecified atom stereocenters. The lowest BCUT2D eigenvalue weighted by atomic mass is 10.1. The third kappa shape index (κ3) is 5.95. The van der Waals surface area contributed by atoms with Crippen LogP contribution in [0, 0.1) is 0 Å². The quantitative estimate of drug-likeness (QED) is 0.482. The van der Waals surface area contributed by atoms with E-state index in [4.69, 9.17) is 9.47 Å². The zero-order valence-electron chi connectivity index (χ0n) is 20.6. The Kier molecular flexibility index (Phi) is 7.73. The number of nitrogens with one attached hydrogen (secondary N) is 1. The first-order chi connectivity index (χ1) is 18.0. The first kappa shape index (κ1) is 25.3. The molecule has 0 atom stereocenters. The van der Waals surface area contributed by atoms with Gasteiger partial charge in [0.2, 0.25) is 10.0 Å². The zero-order chi connectivity index (χ0) is 25.7. The number of carbonyl (C=O) groups is 1. The second-order valence-corrected chi connectivity index (χ2v) is 11.1. The lowest BCUT2D eigenvalue weighted by Gasteiger charge is -2.27. The summed E-state index contributed by atoms with van der Waals surface area (Å²) in [4.78, 5) is 15.2. The van der Waals surface area contributed by atoms with Crippen LogP contribution < -0.4 is 15.0 Å². The molecule has 0 bridgehead atoms. The van der Waals surface area contributed by atoms with E-state index >= 15 is 0 Å². The van der Waals surface area contributed by atoms with Crippen LogP contribution in [-0.4, -0.2) is 64.6 Å². The Labute approximate surface area is 217 Å². The third-order valence-electron chi connectivity index (χ3n) is 6.63. The first-order valence-electron chi connectivity index (χ1n) is 12.6. The fourth-order valence-electron chi connectivity index (χ4n) is 4.65. The molecule has 3 aromatic rings. The molecule has 194 valence electrons. The van der Waals surface area contributed by atoms with E-state index in [1.54, 1.807) is 18.2 Å². The second kappa shape index (κ2) is 11.3. The van der Waals surface area contributed by atoms with E-state index in [1.165, 1.54) is 4.31 Å². The molecule has 2 fully saturated rings. The second-order valence-electron chi connectivity index (χ2n) is 9.12. The number of anilines is 2. The Morgan fingerprint density at radius 3 is 2.24 bits per heavy atom. The van der Waals surface area contributed by atoms with Crippen LogP contribution in [0.2, 0.25) is 0 Å². The molecular formula is C28H31N3O5S. The molecule has 1 amide bonds.